The Bertz CT molecular complexity index is 629. The molecule has 0 aliphatic carbocycles. The Balaban J connectivity index is 2.28. The standard InChI is InChI=1S/C18H20O3/c1-4-12(2)14-8-10-15(11-9-14)21-17-13(3)6-5-7-16(17)18(19)20/h5-12H,4H2,1-3H3,(H,19,20). The van der Waals surface area contributed by atoms with E-state index in [1.54, 1.807) is 12.1 Å². The van der Waals surface area contributed by atoms with Crippen LogP contribution in [0.4, 0.5) is 0 Å². The molecule has 3 nitrogen and oxygen atoms in total. The van der Waals surface area contributed by atoms with E-state index >= 15 is 0 Å². The van der Waals surface area contributed by atoms with Gasteiger partial charge in [0.05, 0.1) is 0 Å². The molecule has 3 heteroatoms. The molecule has 0 spiro atoms. The number of para-hydroxylation sites is 1. The van der Waals surface area contributed by atoms with Crippen LogP contribution in [0.2, 0.25) is 0 Å². The molecule has 0 aromatic heterocycles. The highest BCUT2D eigenvalue weighted by Gasteiger charge is 2.14. The van der Waals surface area contributed by atoms with Gasteiger partial charge in [-0.25, -0.2) is 4.79 Å². The van der Waals surface area contributed by atoms with Crippen LogP contribution in [0, 0.1) is 6.92 Å². The third kappa shape index (κ3) is 3.43. The van der Waals surface area contributed by atoms with Gasteiger partial charge in [-0.3, -0.25) is 0 Å². The smallest absolute Gasteiger partial charge is 0.339 e. The Morgan fingerprint density at radius 3 is 2.43 bits per heavy atom. The Kier molecular flexibility index (Phi) is 4.63. The van der Waals surface area contributed by atoms with E-state index in [2.05, 4.69) is 13.8 Å². The predicted molar refractivity (Wildman–Crippen MR) is 83.4 cm³/mol. The first kappa shape index (κ1) is 15.1. The van der Waals surface area contributed by atoms with E-state index in [9.17, 15) is 9.90 Å². The fourth-order valence-electron chi connectivity index (χ4n) is 2.17. The van der Waals surface area contributed by atoms with Gasteiger partial charge in [0, 0.05) is 0 Å². The summed E-state index contributed by atoms with van der Waals surface area (Å²) in [4.78, 5) is 11.3. The summed E-state index contributed by atoms with van der Waals surface area (Å²) >= 11 is 0. The van der Waals surface area contributed by atoms with Crippen LogP contribution in [-0.4, -0.2) is 11.1 Å². The van der Waals surface area contributed by atoms with Crippen molar-refractivity contribution in [2.45, 2.75) is 33.1 Å². The number of aromatic carboxylic acids is 1. The van der Waals surface area contributed by atoms with Crippen LogP contribution >= 0.6 is 0 Å². The Labute approximate surface area is 125 Å². The zero-order chi connectivity index (χ0) is 15.4. The number of hydrogen-bond acceptors (Lipinski definition) is 2. The minimum Gasteiger partial charge on any atom is -0.478 e. The van der Waals surface area contributed by atoms with Gasteiger partial charge >= 0.3 is 5.97 Å². The molecule has 1 atom stereocenters. The van der Waals surface area contributed by atoms with Gasteiger partial charge in [0.1, 0.15) is 17.1 Å². The molecular formula is C18H20O3. The SMILES string of the molecule is CCC(C)c1ccc(Oc2c(C)cccc2C(=O)O)cc1. The number of carboxylic acids is 1. The summed E-state index contributed by atoms with van der Waals surface area (Å²) in [5.74, 6) is 0.581. The van der Waals surface area contributed by atoms with Crippen LogP contribution in [0.15, 0.2) is 42.5 Å². The first-order valence-electron chi connectivity index (χ1n) is 7.13. The van der Waals surface area contributed by atoms with Crippen molar-refractivity contribution in [1.82, 2.24) is 0 Å². The molecule has 2 rings (SSSR count). The molecule has 21 heavy (non-hydrogen) atoms. The molecule has 0 aliphatic rings. The van der Waals surface area contributed by atoms with E-state index in [-0.39, 0.29) is 5.56 Å². The lowest BCUT2D eigenvalue weighted by molar-refractivity contribution is 0.0694. The number of carbonyl (C=O) groups is 1. The van der Waals surface area contributed by atoms with E-state index < -0.39 is 5.97 Å². The maximum atomic E-state index is 11.3. The van der Waals surface area contributed by atoms with Crippen LogP contribution in [0.25, 0.3) is 0 Å². The Morgan fingerprint density at radius 1 is 1.19 bits per heavy atom. The zero-order valence-corrected chi connectivity index (χ0v) is 12.6. The van der Waals surface area contributed by atoms with Gasteiger partial charge in [-0.15, -0.1) is 0 Å². The molecule has 0 bridgehead atoms. The highest BCUT2D eigenvalue weighted by Crippen LogP contribution is 2.30. The monoisotopic (exact) mass is 284 g/mol. The average molecular weight is 284 g/mol. The van der Waals surface area contributed by atoms with Crippen LogP contribution in [0.5, 0.6) is 11.5 Å². The van der Waals surface area contributed by atoms with Crippen molar-refractivity contribution in [2.24, 2.45) is 0 Å². The highest BCUT2D eigenvalue weighted by atomic mass is 16.5. The van der Waals surface area contributed by atoms with E-state index in [0.29, 0.717) is 17.4 Å². The summed E-state index contributed by atoms with van der Waals surface area (Å²) in [6, 6.07) is 13.0. The molecule has 2 aromatic carbocycles. The number of benzene rings is 2. The molecule has 0 amide bonds. The third-order valence-corrected chi connectivity index (χ3v) is 3.72. The molecule has 0 saturated heterocycles. The second-order valence-electron chi connectivity index (χ2n) is 5.24. The van der Waals surface area contributed by atoms with Crippen LogP contribution < -0.4 is 4.74 Å². The molecule has 0 radical (unpaired) electrons. The lowest BCUT2D eigenvalue weighted by Crippen LogP contribution is -2.01. The van der Waals surface area contributed by atoms with E-state index in [0.717, 1.165) is 12.0 Å². The van der Waals surface area contributed by atoms with Gasteiger partial charge in [-0.2, -0.15) is 0 Å². The Hall–Kier alpha value is -2.29. The van der Waals surface area contributed by atoms with Crippen LogP contribution in [-0.2, 0) is 0 Å². The van der Waals surface area contributed by atoms with E-state index in [1.807, 2.05) is 37.3 Å². The quantitative estimate of drug-likeness (QED) is 0.840. The second kappa shape index (κ2) is 6.44. The van der Waals surface area contributed by atoms with Crippen molar-refractivity contribution in [3.8, 4) is 11.5 Å². The first-order valence-corrected chi connectivity index (χ1v) is 7.13. The summed E-state index contributed by atoms with van der Waals surface area (Å²) in [6.07, 6.45) is 1.08. The van der Waals surface area contributed by atoms with Crippen molar-refractivity contribution in [2.75, 3.05) is 0 Å². The number of rotatable bonds is 5. The Morgan fingerprint density at radius 2 is 1.86 bits per heavy atom. The average Bonchev–Trinajstić information content (AvgIpc) is 2.49. The fraction of sp³-hybridized carbons (Fsp3) is 0.278. The lowest BCUT2D eigenvalue weighted by Gasteiger charge is -2.13. The summed E-state index contributed by atoms with van der Waals surface area (Å²) in [7, 11) is 0. The van der Waals surface area contributed by atoms with Crippen molar-refractivity contribution in [3.05, 3.63) is 59.2 Å². The molecule has 0 heterocycles. The molecular weight excluding hydrogens is 264 g/mol. The fourth-order valence-corrected chi connectivity index (χ4v) is 2.17. The van der Waals surface area contributed by atoms with E-state index in [4.69, 9.17) is 4.74 Å². The largest absolute Gasteiger partial charge is 0.478 e. The van der Waals surface area contributed by atoms with Crippen molar-refractivity contribution >= 4 is 5.97 Å². The predicted octanol–water partition coefficient (Wildman–Crippen LogP) is 5.00. The van der Waals surface area contributed by atoms with Crippen LogP contribution in [0.3, 0.4) is 0 Å². The van der Waals surface area contributed by atoms with Gasteiger partial charge in [0.15, 0.2) is 0 Å². The zero-order valence-electron chi connectivity index (χ0n) is 12.6. The molecule has 2 aromatic rings. The highest BCUT2D eigenvalue weighted by molar-refractivity contribution is 5.91. The van der Waals surface area contributed by atoms with Gasteiger partial charge < -0.3 is 9.84 Å². The number of carboxylic acid groups (broad SMARTS) is 1. The minimum atomic E-state index is -0.982. The topological polar surface area (TPSA) is 46.5 Å². The lowest BCUT2D eigenvalue weighted by atomic mass is 9.99. The van der Waals surface area contributed by atoms with Crippen molar-refractivity contribution in [1.29, 1.82) is 0 Å². The number of ether oxygens (including phenoxy) is 1. The van der Waals surface area contributed by atoms with Gasteiger partial charge in [-0.05, 0) is 48.6 Å². The maximum Gasteiger partial charge on any atom is 0.339 e. The van der Waals surface area contributed by atoms with Gasteiger partial charge in [0.2, 0.25) is 0 Å². The number of hydrogen-bond donors (Lipinski definition) is 1. The van der Waals surface area contributed by atoms with Crippen molar-refractivity contribution < 1.29 is 14.6 Å². The summed E-state index contributed by atoms with van der Waals surface area (Å²) in [5, 5.41) is 9.24. The summed E-state index contributed by atoms with van der Waals surface area (Å²) < 4.78 is 5.79. The maximum absolute atomic E-state index is 11.3. The number of aryl methyl sites for hydroxylation is 1. The minimum absolute atomic E-state index is 0.181. The molecule has 0 saturated carbocycles. The van der Waals surface area contributed by atoms with Gasteiger partial charge in [0.25, 0.3) is 0 Å². The van der Waals surface area contributed by atoms with Gasteiger partial charge in [-0.1, -0.05) is 38.1 Å². The molecule has 0 fully saturated rings. The molecule has 110 valence electrons. The molecule has 0 aliphatic heterocycles. The normalized spacial score (nSPS) is 12.0. The second-order valence-corrected chi connectivity index (χ2v) is 5.24. The summed E-state index contributed by atoms with van der Waals surface area (Å²) in [6.45, 7) is 6.18. The third-order valence-electron chi connectivity index (χ3n) is 3.72. The van der Waals surface area contributed by atoms with Crippen molar-refractivity contribution in [3.63, 3.8) is 0 Å². The molecule has 1 N–H and O–H groups in total. The van der Waals surface area contributed by atoms with Crippen LogP contribution in [0.1, 0.15) is 47.7 Å². The summed E-state index contributed by atoms with van der Waals surface area (Å²) in [5.41, 5.74) is 2.25. The molecule has 1 unspecified atom stereocenters. The van der Waals surface area contributed by atoms with E-state index in [1.165, 1.54) is 5.56 Å². The first-order chi connectivity index (χ1) is 10.0.